The Bertz CT molecular complexity index is 385. The maximum absolute atomic E-state index is 11.7. The van der Waals surface area contributed by atoms with Gasteiger partial charge in [0.25, 0.3) is 0 Å². The van der Waals surface area contributed by atoms with Gasteiger partial charge in [0.1, 0.15) is 0 Å². The number of nitrogens with two attached hydrogens (primary N) is 1. The molecule has 0 aliphatic rings. The average molecular weight is 253 g/mol. The number of nitrogens with one attached hydrogen (secondary N) is 1. The monoisotopic (exact) mass is 253 g/mol. The molecule has 100 valence electrons. The number of nitrogens with zero attached hydrogens (tertiary/aromatic N) is 1. The standard InChI is InChI=1S/C12H19N3O3/c1-17-7-5-10(13)11(16)15-8-9-4-3-6-14-12(9)18-2/h3-4,6,10H,5,7-8,13H2,1-2H3,(H,15,16). The maximum Gasteiger partial charge on any atom is 0.237 e. The molecule has 0 saturated heterocycles. The van der Waals surface area contributed by atoms with Gasteiger partial charge in [-0.15, -0.1) is 0 Å². The van der Waals surface area contributed by atoms with Crippen LogP contribution in [-0.2, 0) is 16.1 Å². The third kappa shape index (κ3) is 4.31. The molecule has 0 spiro atoms. The van der Waals surface area contributed by atoms with Gasteiger partial charge < -0.3 is 20.5 Å². The molecule has 18 heavy (non-hydrogen) atoms. The van der Waals surface area contributed by atoms with Crippen LogP contribution in [0.15, 0.2) is 18.3 Å². The molecular formula is C12H19N3O3. The molecule has 0 fully saturated rings. The summed E-state index contributed by atoms with van der Waals surface area (Å²) in [5.74, 6) is 0.293. The Morgan fingerprint density at radius 3 is 3.00 bits per heavy atom. The van der Waals surface area contributed by atoms with Crippen molar-refractivity contribution in [2.75, 3.05) is 20.8 Å². The fourth-order valence-corrected chi connectivity index (χ4v) is 1.43. The van der Waals surface area contributed by atoms with E-state index < -0.39 is 6.04 Å². The number of pyridine rings is 1. The van der Waals surface area contributed by atoms with Crippen LogP contribution in [0.25, 0.3) is 0 Å². The second-order valence-corrected chi connectivity index (χ2v) is 3.78. The van der Waals surface area contributed by atoms with E-state index >= 15 is 0 Å². The minimum absolute atomic E-state index is 0.210. The summed E-state index contributed by atoms with van der Waals surface area (Å²) >= 11 is 0. The molecule has 1 amide bonds. The van der Waals surface area contributed by atoms with Crippen LogP contribution in [-0.4, -0.2) is 37.8 Å². The molecule has 6 nitrogen and oxygen atoms in total. The summed E-state index contributed by atoms with van der Waals surface area (Å²) in [7, 11) is 3.11. The fourth-order valence-electron chi connectivity index (χ4n) is 1.43. The van der Waals surface area contributed by atoms with E-state index in [0.29, 0.717) is 25.5 Å². The molecule has 0 bridgehead atoms. The van der Waals surface area contributed by atoms with Crippen molar-refractivity contribution >= 4 is 5.91 Å². The van der Waals surface area contributed by atoms with Gasteiger partial charge in [-0.1, -0.05) is 6.07 Å². The van der Waals surface area contributed by atoms with Crippen LogP contribution in [0.1, 0.15) is 12.0 Å². The Labute approximate surface area is 106 Å². The van der Waals surface area contributed by atoms with Crippen molar-refractivity contribution in [2.45, 2.75) is 19.0 Å². The summed E-state index contributed by atoms with van der Waals surface area (Å²) < 4.78 is 9.96. The average Bonchev–Trinajstić information content (AvgIpc) is 2.42. The van der Waals surface area contributed by atoms with E-state index in [9.17, 15) is 4.79 Å². The second kappa shape index (κ2) is 7.62. The van der Waals surface area contributed by atoms with Crippen LogP contribution in [0, 0.1) is 0 Å². The van der Waals surface area contributed by atoms with Crippen LogP contribution in [0.4, 0.5) is 0 Å². The zero-order valence-electron chi connectivity index (χ0n) is 10.7. The number of ether oxygens (including phenoxy) is 2. The molecule has 0 aliphatic heterocycles. The van der Waals surface area contributed by atoms with Gasteiger partial charge in [0, 0.05) is 32.0 Å². The highest BCUT2D eigenvalue weighted by atomic mass is 16.5. The maximum atomic E-state index is 11.7. The number of rotatable bonds is 7. The summed E-state index contributed by atoms with van der Waals surface area (Å²) in [4.78, 5) is 15.7. The van der Waals surface area contributed by atoms with Crippen molar-refractivity contribution in [3.8, 4) is 5.88 Å². The number of hydrogen-bond donors (Lipinski definition) is 2. The largest absolute Gasteiger partial charge is 0.481 e. The Balaban J connectivity index is 2.46. The Kier molecular flexibility index (Phi) is 6.10. The van der Waals surface area contributed by atoms with Gasteiger partial charge in [0.2, 0.25) is 11.8 Å². The minimum Gasteiger partial charge on any atom is -0.481 e. The van der Waals surface area contributed by atoms with E-state index in [2.05, 4.69) is 10.3 Å². The van der Waals surface area contributed by atoms with E-state index in [-0.39, 0.29) is 5.91 Å². The van der Waals surface area contributed by atoms with Crippen LogP contribution in [0.5, 0.6) is 5.88 Å². The van der Waals surface area contributed by atoms with E-state index in [4.69, 9.17) is 15.2 Å². The summed E-state index contributed by atoms with van der Waals surface area (Å²) in [6.45, 7) is 0.807. The number of carbonyl (C=O) groups excluding carboxylic acids is 1. The molecule has 1 unspecified atom stereocenters. The molecule has 0 aliphatic carbocycles. The van der Waals surface area contributed by atoms with Crippen LogP contribution < -0.4 is 15.8 Å². The van der Waals surface area contributed by atoms with Gasteiger partial charge in [-0.25, -0.2) is 4.98 Å². The SMILES string of the molecule is COCCC(N)C(=O)NCc1cccnc1OC. The van der Waals surface area contributed by atoms with Crippen molar-refractivity contribution in [1.29, 1.82) is 0 Å². The smallest absolute Gasteiger partial charge is 0.237 e. The van der Waals surface area contributed by atoms with Crippen molar-refractivity contribution < 1.29 is 14.3 Å². The third-order valence-corrected chi connectivity index (χ3v) is 2.47. The molecule has 1 atom stereocenters. The molecule has 1 aromatic rings. The lowest BCUT2D eigenvalue weighted by Crippen LogP contribution is -2.40. The first kappa shape index (κ1) is 14.4. The molecule has 1 aromatic heterocycles. The van der Waals surface area contributed by atoms with Gasteiger partial charge in [-0.05, 0) is 12.5 Å². The first-order valence-electron chi connectivity index (χ1n) is 5.69. The van der Waals surface area contributed by atoms with Gasteiger partial charge in [-0.3, -0.25) is 4.79 Å². The first-order valence-corrected chi connectivity index (χ1v) is 5.69. The lowest BCUT2D eigenvalue weighted by Gasteiger charge is -2.12. The van der Waals surface area contributed by atoms with Crippen molar-refractivity contribution in [3.05, 3.63) is 23.9 Å². The zero-order chi connectivity index (χ0) is 13.4. The topological polar surface area (TPSA) is 86.5 Å². The zero-order valence-corrected chi connectivity index (χ0v) is 10.7. The molecule has 6 heteroatoms. The summed E-state index contributed by atoms with van der Waals surface area (Å²) in [6.07, 6.45) is 2.13. The number of amides is 1. The van der Waals surface area contributed by atoms with Crippen LogP contribution in [0.3, 0.4) is 0 Å². The summed E-state index contributed by atoms with van der Waals surface area (Å²) in [6, 6.07) is 3.06. The van der Waals surface area contributed by atoms with E-state index in [1.165, 1.54) is 7.11 Å². The lowest BCUT2D eigenvalue weighted by atomic mass is 10.2. The van der Waals surface area contributed by atoms with Crippen molar-refractivity contribution in [2.24, 2.45) is 5.73 Å². The van der Waals surface area contributed by atoms with Gasteiger partial charge in [0.05, 0.1) is 13.2 Å². The second-order valence-electron chi connectivity index (χ2n) is 3.78. The highest BCUT2D eigenvalue weighted by molar-refractivity contribution is 5.81. The van der Waals surface area contributed by atoms with Crippen molar-refractivity contribution in [1.82, 2.24) is 10.3 Å². The predicted octanol–water partition coefficient (Wildman–Crippen LogP) is 0.0702. The normalized spacial score (nSPS) is 11.9. The fraction of sp³-hybridized carbons (Fsp3) is 0.500. The Hall–Kier alpha value is -1.66. The van der Waals surface area contributed by atoms with Crippen LogP contribution >= 0.6 is 0 Å². The van der Waals surface area contributed by atoms with E-state index in [1.807, 2.05) is 6.07 Å². The molecule has 1 rings (SSSR count). The minimum atomic E-state index is -0.562. The van der Waals surface area contributed by atoms with Gasteiger partial charge >= 0.3 is 0 Å². The summed E-state index contributed by atoms with van der Waals surface area (Å²) in [5, 5.41) is 2.74. The quantitative estimate of drug-likeness (QED) is 0.718. The highest BCUT2D eigenvalue weighted by Gasteiger charge is 2.13. The Morgan fingerprint density at radius 1 is 1.56 bits per heavy atom. The molecule has 3 N–H and O–H groups in total. The van der Waals surface area contributed by atoms with Crippen LogP contribution in [0.2, 0.25) is 0 Å². The van der Waals surface area contributed by atoms with Gasteiger partial charge in [-0.2, -0.15) is 0 Å². The van der Waals surface area contributed by atoms with E-state index in [0.717, 1.165) is 5.56 Å². The van der Waals surface area contributed by atoms with E-state index in [1.54, 1.807) is 19.4 Å². The molecule has 0 radical (unpaired) electrons. The number of aromatic nitrogens is 1. The Morgan fingerprint density at radius 2 is 2.33 bits per heavy atom. The number of hydrogen-bond acceptors (Lipinski definition) is 5. The molecular weight excluding hydrogens is 234 g/mol. The number of carbonyl (C=O) groups is 1. The highest BCUT2D eigenvalue weighted by Crippen LogP contribution is 2.12. The number of methoxy groups -OCH3 is 2. The molecule has 1 heterocycles. The first-order chi connectivity index (χ1) is 8.69. The summed E-state index contributed by atoms with van der Waals surface area (Å²) in [5.41, 5.74) is 6.51. The predicted molar refractivity (Wildman–Crippen MR) is 67.1 cm³/mol. The lowest BCUT2D eigenvalue weighted by molar-refractivity contribution is -0.122. The molecule has 0 aromatic carbocycles. The van der Waals surface area contributed by atoms with Crippen molar-refractivity contribution in [3.63, 3.8) is 0 Å². The van der Waals surface area contributed by atoms with Gasteiger partial charge in [0.15, 0.2) is 0 Å². The third-order valence-electron chi connectivity index (χ3n) is 2.47. The molecule has 0 saturated carbocycles.